The minimum Gasteiger partial charge on any atom is -0.497 e. The van der Waals surface area contributed by atoms with E-state index in [1.54, 1.807) is 7.11 Å². The molecule has 2 heterocycles. The number of hydrogen-bond acceptors (Lipinski definition) is 8. The zero-order valence-corrected chi connectivity index (χ0v) is 23.1. The fourth-order valence-electron chi connectivity index (χ4n) is 4.25. The molecule has 11 heteroatoms. The maximum atomic E-state index is 13.1. The number of rotatable bonds is 16. The van der Waals surface area contributed by atoms with Crippen LogP contribution in [0.5, 0.6) is 5.75 Å². The minimum absolute atomic E-state index is 0.0200. The van der Waals surface area contributed by atoms with Gasteiger partial charge in [0.05, 0.1) is 64.5 Å². The SMILES string of the molecule is C#CCOCCOCCOCCOC[C@@H]1CN(C(=O)CSC2NC(=O)NCC2C)Cc2ccc(OC)cc21. The Hall–Kier alpha value is -2.49. The van der Waals surface area contributed by atoms with Gasteiger partial charge in [-0.15, -0.1) is 18.2 Å². The summed E-state index contributed by atoms with van der Waals surface area (Å²) in [6.45, 7) is 7.30. The lowest BCUT2D eigenvalue weighted by atomic mass is 9.90. The summed E-state index contributed by atoms with van der Waals surface area (Å²) >= 11 is 1.48. The Bertz CT molecular complexity index is 942. The summed E-state index contributed by atoms with van der Waals surface area (Å²) in [6, 6.07) is 5.79. The van der Waals surface area contributed by atoms with E-state index in [0.29, 0.717) is 71.6 Å². The fourth-order valence-corrected chi connectivity index (χ4v) is 5.37. The molecule has 38 heavy (non-hydrogen) atoms. The van der Waals surface area contributed by atoms with Crippen LogP contribution in [0.1, 0.15) is 24.0 Å². The molecule has 1 saturated heterocycles. The van der Waals surface area contributed by atoms with E-state index in [2.05, 4.69) is 23.5 Å². The molecule has 0 bridgehead atoms. The van der Waals surface area contributed by atoms with E-state index in [9.17, 15) is 9.59 Å². The molecule has 10 nitrogen and oxygen atoms in total. The van der Waals surface area contributed by atoms with Crippen molar-refractivity contribution in [1.82, 2.24) is 15.5 Å². The van der Waals surface area contributed by atoms with Crippen LogP contribution in [0.25, 0.3) is 0 Å². The highest BCUT2D eigenvalue weighted by atomic mass is 32.2. The van der Waals surface area contributed by atoms with Crippen LogP contribution in [-0.2, 0) is 30.3 Å². The number of ether oxygens (including phenoxy) is 5. The number of terminal acetylenes is 1. The lowest BCUT2D eigenvalue weighted by Crippen LogP contribution is -2.53. The lowest BCUT2D eigenvalue weighted by Gasteiger charge is -2.35. The average molecular weight is 550 g/mol. The summed E-state index contributed by atoms with van der Waals surface area (Å²) in [5.41, 5.74) is 2.23. The number of carbonyl (C=O) groups is 2. The van der Waals surface area contributed by atoms with Crippen LogP contribution in [0, 0.1) is 18.3 Å². The second-order valence-corrected chi connectivity index (χ2v) is 10.3. The Balaban J connectivity index is 1.43. The molecule has 2 unspecified atom stereocenters. The van der Waals surface area contributed by atoms with E-state index in [1.807, 2.05) is 23.1 Å². The van der Waals surface area contributed by atoms with Gasteiger partial charge in [0.15, 0.2) is 0 Å². The highest BCUT2D eigenvalue weighted by Crippen LogP contribution is 2.32. The molecule has 2 aliphatic rings. The molecule has 3 amide bonds. The molecule has 0 saturated carbocycles. The van der Waals surface area contributed by atoms with Crippen LogP contribution < -0.4 is 15.4 Å². The Morgan fingerprint density at radius 2 is 1.84 bits per heavy atom. The van der Waals surface area contributed by atoms with Crippen molar-refractivity contribution in [2.75, 3.05) is 78.8 Å². The van der Waals surface area contributed by atoms with Crippen molar-refractivity contribution < 1.29 is 33.3 Å². The van der Waals surface area contributed by atoms with Crippen LogP contribution in [0.4, 0.5) is 4.79 Å². The summed E-state index contributed by atoms with van der Waals surface area (Å²) in [5.74, 6) is 3.80. The number of hydrogen-bond donors (Lipinski definition) is 2. The highest BCUT2D eigenvalue weighted by molar-refractivity contribution is 8.00. The first-order valence-electron chi connectivity index (χ1n) is 12.9. The van der Waals surface area contributed by atoms with Crippen LogP contribution in [0.15, 0.2) is 18.2 Å². The number of carbonyl (C=O) groups excluding carboxylic acids is 2. The predicted octanol–water partition coefficient (Wildman–Crippen LogP) is 1.83. The fraction of sp³-hybridized carbons (Fsp3) is 0.630. The van der Waals surface area contributed by atoms with Gasteiger partial charge >= 0.3 is 6.03 Å². The number of urea groups is 1. The zero-order chi connectivity index (χ0) is 27.2. The molecule has 210 valence electrons. The number of amides is 3. The van der Waals surface area contributed by atoms with Crippen molar-refractivity contribution in [2.45, 2.75) is 24.8 Å². The van der Waals surface area contributed by atoms with Crippen molar-refractivity contribution in [3.8, 4) is 18.1 Å². The second-order valence-electron chi connectivity index (χ2n) is 9.16. The lowest BCUT2D eigenvalue weighted by molar-refractivity contribution is -0.129. The third-order valence-corrected chi connectivity index (χ3v) is 7.68. The van der Waals surface area contributed by atoms with E-state index >= 15 is 0 Å². The first-order chi connectivity index (χ1) is 18.5. The van der Waals surface area contributed by atoms with Gasteiger partial charge < -0.3 is 39.2 Å². The summed E-state index contributed by atoms with van der Waals surface area (Å²) in [5, 5.41) is 5.60. The van der Waals surface area contributed by atoms with Gasteiger partial charge in [-0.2, -0.15) is 0 Å². The molecule has 1 aromatic carbocycles. The van der Waals surface area contributed by atoms with Crippen LogP contribution in [-0.4, -0.2) is 101 Å². The largest absolute Gasteiger partial charge is 0.497 e. The molecule has 2 N–H and O–H groups in total. The van der Waals surface area contributed by atoms with Crippen LogP contribution in [0.3, 0.4) is 0 Å². The van der Waals surface area contributed by atoms with Crippen molar-refractivity contribution in [1.29, 1.82) is 0 Å². The normalized spacial score (nSPS) is 20.7. The summed E-state index contributed by atoms with van der Waals surface area (Å²) in [4.78, 5) is 26.7. The summed E-state index contributed by atoms with van der Waals surface area (Å²) in [6.07, 6.45) is 5.11. The third-order valence-electron chi connectivity index (χ3n) is 6.33. The Morgan fingerprint density at radius 1 is 1.13 bits per heavy atom. The molecule has 0 radical (unpaired) electrons. The van der Waals surface area contributed by atoms with Crippen LogP contribution >= 0.6 is 11.8 Å². The molecule has 2 aliphatic heterocycles. The number of benzene rings is 1. The first-order valence-corrected chi connectivity index (χ1v) is 13.9. The van der Waals surface area contributed by atoms with Gasteiger partial charge in [0, 0.05) is 31.5 Å². The molecular weight excluding hydrogens is 510 g/mol. The van der Waals surface area contributed by atoms with Gasteiger partial charge in [0.2, 0.25) is 5.91 Å². The number of fused-ring (bicyclic) bond motifs is 1. The van der Waals surface area contributed by atoms with Crippen molar-refractivity contribution >= 4 is 23.7 Å². The van der Waals surface area contributed by atoms with E-state index < -0.39 is 0 Å². The molecule has 0 aliphatic carbocycles. The zero-order valence-electron chi connectivity index (χ0n) is 22.2. The summed E-state index contributed by atoms with van der Waals surface area (Å²) in [7, 11) is 1.65. The maximum Gasteiger partial charge on any atom is 0.315 e. The highest BCUT2D eigenvalue weighted by Gasteiger charge is 2.31. The molecule has 0 aromatic heterocycles. The van der Waals surface area contributed by atoms with Gasteiger partial charge in [-0.1, -0.05) is 18.9 Å². The summed E-state index contributed by atoms with van der Waals surface area (Å²) < 4.78 is 27.5. The predicted molar refractivity (Wildman–Crippen MR) is 145 cm³/mol. The topological polar surface area (TPSA) is 108 Å². The Labute approximate surface area is 229 Å². The van der Waals surface area contributed by atoms with Crippen molar-refractivity contribution in [2.24, 2.45) is 5.92 Å². The standard InChI is InChI=1S/C27H39N3O7S/c1-4-7-34-8-9-35-10-11-36-12-13-37-18-22-17-30(16-21-5-6-23(33-3)14-24(21)22)25(31)19-38-26-20(2)15-28-27(32)29-26/h1,5-6,14,20,22,26H,7-13,15-19H2,2-3H3,(H2,28,29,32)/t20?,22-,26?/m0/s1. The molecular formula is C27H39N3O7S. The molecule has 1 aromatic rings. The number of nitrogens with zero attached hydrogens (tertiary/aromatic N) is 1. The van der Waals surface area contributed by atoms with E-state index in [4.69, 9.17) is 30.1 Å². The molecule has 3 rings (SSSR count). The van der Waals surface area contributed by atoms with E-state index in [1.165, 1.54) is 11.8 Å². The Kier molecular flexibility index (Phi) is 13.0. The molecule has 0 spiro atoms. The Morgan fingerprint density at radius 3 is 2.55 bits per heavy atom. The average Bonchev–Trinajstić information content (AvgIpc) is 2.93. The van der Waals surface area contributed by atoms with Crippen LogP contribution in [0.2, 0.25) is 0 Å². The number of methoxy groups -OCH3 is 1. The van der Waals surface area contributed by atoms with Gasteiger partial charge in [0.1, 0.15) is 12.4 Å². The third kappa shape index (κ3) is 9.67. The monoisotopic (exact) mass is 549 g/mol. The van der Waals surface area contributed by atoms with Gasteiger partial charge in [-0.25, -0.2) is 4.79 Å². The first kappa shape index (κ1) is 30.1. The molecule has 1 fully saturated rings. The minimum atomic E-state index is -0.187. The smallest absolute Gasteiger partial charge is 0.315 e. The van der Waals surface area contributed by atoms with Gasteiger partial charge in [0.25, 0.3) is 0 Å². The second kappa shape index (κ2) is 16.5. The maximum absolute atomic E-state index is 13.1. The van der Waals surface area contributed by atoms with E-state index in [0.717, 1.165) is 16.9 Å². The quantitative estimate of drug-likeness (QED) is 0.238. The molecule has 3 atom stereocenters. The van der Waals surface area contributed by atoms with E-state index in [-0.39, 0.29) is 35.8 Å². The number of nitrogens with one attached hydrogen (secondary N) is 2. The van der Waals surface area contributed by atoms with Crippen molar-refractivity contribution in [3.63, 3.8) is 0 Å². The van der Waals surface area contributed by atoms with Crippen molar-refractivity contribution in [3.05, 3.63) is 29.3 Å². The number of thioether (sulfide) groups is 1. The van der Waals surface area contributed by atoms with Gasteiger partial charge in [-0.05, 0) is 23.3 Å². The van der Waals surface area contributed by atoms with Gasteiger partial charge in [-0.3, -0.25) is 4.79 Å².